The van der Waals surface area contributed by atoms with Crippen LogP contribution in [0.1, 0.15) is 36.5 Å². The monoisotopic (exact) mass is 389 g/mol. The Morgan fingerprint density at radius 2 is 1.93 bits per heavy atom. The van der Waals surface area contributed by atoms with Crippen molar-refractivity contribution in [2.45, 2.75) is 38.4 Å². The standard InChI is InChI=1S/C21H27NO6/c1-5-16(28-21(24)14-6-10-17(25-2)11-7-14)9-8-15-12-18(22-27-4)20(26-3)13-19(15)23/h6-7,10-13,16,20,23H,5,8-9H2,1-4H3. The lowest BCUT2D eigenvalue weighted by Crippen LogP contribution is -2.24. The van der Waals surface area contributed by atoms with E-state index in [1.807, 2.05) is 6.92 Å². The van der Waals surface area contributed by atoms with Gasteiger partial charge >= 0.3 is 5.97 Å². The molecule has 7 nitrogen and oxygen atoms in total. The van der Waals surface area contributed by atoms with E-state index in [1.54, 1.807) is 43.5 Å². The van der Waals surface area contributed by atoms with Crippen LogP contribution in [-0.4, -0.2) is 50.3 Å². The predicted octanol–water partition coefficient (Wildman–Crippen LogP) is 3.81. The van der Waals surface area contributed by atoms with Gasteiger partial charge in [0.1, 0.15) is 36.5 Å². The van der Waals surface area contributed by atoms with Crippen molar-refractivity contribution in [3.8, 4) is 5.75 Å². The number of oxime groups is 1. The molecule has 1 aliphatic carbocycles. The summed E-state index contributed by atoms with van der Waals surface area (Å²) >= 11 is 0. The van der Waals surface area contributed by atoms with Gasteiger partial charge in [-0.2, -0.15) is 0 Å². The van der Waals surface area contributed by atoms with Crippen LogP contribution in [-0.2, 0) is 14.3 Å². The molecular formula is C21H27NO6. The Hall–Kier alpha value is -2.80. The summed E-state index contributed by atoms with van der Waals surface area (Å²) in [7, 11) is 4.56. The zero-order chi connectivity index (χ0) is 20.5. The average Bonchev–Trinajstić information content (AvgIpc) is 2.72. The predicted molar refractivity (Wildman–Crippen MR) is 106 cm³/mol. The van der Waals surface area contributed by atoms with E-state index < -0.39 is 6.10 Å². The lowest BCUT2D eigenvalue weighted by molar-refractivity contribution is 0.0273. The number of ether oxygens (including phenoxy) is 3. The first-order valence-corrected chi connectivity index (χ1v) is 9.12. The van der Waals surface area contributed by atoms with Crippen LogP contribution in [0.2, 0.25) is 0 Å². The second-order valence-corrected chi connectivity index (χ2v) is 6.28. The highest BCUT2D eigenvalue weighted by Gasteiger charge is 2.23. The molecule has 0 heterocycles. The Balaban J connectivity index is 1.99. The fourth-order valence-electron chi connectivity index (χ4n) is 2.85. The molecule has 2 rings (SSSR count). The molecule has 0 aromatic heterocycles. The maximum atomic E-state index is 12.4. The zero-order valence-electron chi connectivity index (χ0n) is 16.7. The summed E-state index contributed by atoms with van der Waals surface area (Å²) < 4.78 is 16.0. The molecule has 1 aliphatic rings. The molecule has 0 saturated carbocycles. The number of methoxy groups -OCH3 is 2. The molecule has 2 atom stereocenters. The SMILES string of the molecule is CCC(CCC1=CC(=NOC)C(OC)C=C1O)OC(=O)c1ccc(OC)cc1. The van der Waals surface area contributed by atoms with Crippen LogP contribution < -0.4 is 4.74 Å². The maximum Gasteiger partial charge on any atom is 0.338 e. The van der Waals surface area contributed by atoms with Crippen molar-refractivity contribution in [2.75, 3.05) is 21.3 Å². The minimum absolute atomic E-state index is 0.137. The molecule has 0 aliphatic heterocycles. The van der Waals surface area contributed by atoms with E-state index >= 15 is 0 Å². The number of hydrogen-bond acceptors (Lipinski definition) is 7. The highest BCUT2D eigenvalue weighted by Crippen LogP contribution is 2.24. The summed E-state index contributed by atoms with van der Waals surface area (Å²) in [6, 6.07) is 6.78. The molecule has 2 unspecified atom stereocenters. The van der Waals surface area contributed by atoms with E-state index in [0.717, 1.165) is 0 Å². The molecule has 1 aromatic rings. The van der Waals surface area contributed by atoms with Gasteiger partial charge in [0.2, 0.25) is 0 Å². The first-order chi connectivity index (χ1) is 13.5. The number of esters is 1. The van der Waals surface area contributed by atoms with E-state index in [1.165, 1.54) is 14.2 Å². The summed E-state index contributed by atoms with van der Waals surface area (Å²) in [5, 5.41) is 14.2. The topological polar surface area (TPSA) is 86.6 Å². The van der Waals surface area contributed by atoms with Gasteiger partial charge < -0.3 is 24.2 Å². The Bertz CT molecular complexity index is 751. The van der Waals surface area contributed by atoms with Gasteiger partial charge in [-0.05, 0) is 61.3 Å². The van der Waals surface area contributed by atoms with Crippen molar-refractivity contribution >= 4 is 11.7 Å². The number of allylic oxidation sites excluding steroid dienone is 1. The highest BCUT2D eigenvalue weighted by molar-refractivity contribution is 6.01. The minimum Gasteiger partial charge on any atom is -0.508 e. The fourth-order valence-corrected chi connectivity index (χ4v) is 2.85. The van der Waals surface area contributed by atoms with E-state index in [2.05, 4.69) is 5.16 Å². The molecule has 7 heteroatoms. The molecule has 0 spiro atoms. The smallest absolute Gasteiger partial charge is 0.338 e. The van der Waals surface area contributed by atoms with E-state index in [4.69, 9.17) is 19.0 Å². The Morgan fingerprint density at radius 1 is 1.21 bits per heavy atom. The van der Waals surface area contributed by atoms with Crippen molar-refractivity contribution < 1.29 is 28.9 Å². The zero-order valence-corrected chi connectivity index (χ0v) is 16.7. The van der Waals surface area contributed by atoms with Crippen LogP contribution in [0.15, 0.2) is 52.9 Å². The van der Waals surface area contributed by atoms with Crippen molar-refractivity contribution in [1.29, 1.82) is 0 Å². The minimum atomic E-state index is -0.460. The molecule has 1 N–H and O–H groups in total. The third-order valence-electron chi connectivity index (χ3n) is 4.49. The normalized spacial score (nSPS) is 18.9. The van der Waals surface area contributed by atoms with Crippen LogP contribution >= 0.6 is 0 Å². The molecule has 0 fully saturated rings. The second kappa shape index (κ2) is 10.5. The summed E-state index contributed by atoms with van der Waals surface area (Å²) in [4.78, 5) is 17.2. The molecule has 0 amide bonds. The van der Waals surface area contributed by atoms with Crippen molar-refractivity contribution in [3.63, 3.8) is 0 Å². The Kier molecular flexibility index (Phi) is 8.07. The molecule has 0 radical (unpaired) electrons. The number of aliphatic hydroxyl groups is 1. The van der Waals surface area contributed by atoms with Crippen LogP contribution in [0, 0.1) is 0 Å². The van der Waals surface area contributed by atoms with Gasteiger partial charge in [-0.3, -0.25) is 0 Å². The van der Waals surface area contributed by atoms with E-state index in [-0.39, 0.29) is 17.8 Å². The summed E-state index contributed by atoms with van der Waals surface area (Å²) in [5.74, 6) is 0.434. The molecule has 28 heavy (non-hydrogen) atoms. The number of nitrogens with zero attached hydrogens (tertiary/aromatic N) is 1. The number of carbonyl (C=O) groups is 1. The molecule has 152 valence electrons. The first kappa shape index (κ1) is 21.5. The third-order valence-corrected chi connectivity index (χ3v) is 4.49. The number of aliphatic hydroxyl groups excluding tert-OH is 1. The van der Waals surface area contributed by atoms with Gasteiger partial charge in [0.15, 0.2) is 0 Å². The van der Waals surface area contributed by atoms with Gasteiger partial charge in [-0.1, -0.05) is 12.1 Å². The number of rotatable bonds is 9. The van der Waals surface area contributed by atoms with Crippen LogP contribution in [0.5, 0.6) is 5.75 Å². The Labute approximate surface area is 165 Å². The van der Waals surface area contributed by atoms with Gasteiger partial charge in [-0.15, -0.1) is 0 Å². The molecule has 0 saturated heterocycles. The molecule has 0 bridgehead atoms. The second-order valence-electron chi connectivity index (χ2n) is 6.28. The van der Waals surface area contributed by atoms with Gasteiger partial charge in [-0.25, -0.2) is 4.79 Å². The van der Waals surface area contributed by atoms with Gasteiger partial charge in [0.05, 0.1) is 12.7 Å². The van der Waals surface area contributed by atoms with Crippen LogP contribution in [0.3, 0.4) is 0 Å². The summed E-state index contributed by atoms with van der Waals surface area (Å²) in [6.07, 6.45) is 4.35. The number of carbonyl (C=O) groups excluding carboxylic acids is 1. The first-order valence-electron chi connectivity index (χ1n) is 9.12. The number of benzene rings is 1. The lowest BCUT2D eigenvalue weighted by Gasteiger charge is -2.21. The number of hydrogen-bond donors (Lipinski definition) is 1. The third kappa shape index (κ3) is 5.60. The van der Waals surface area contributed by atoms with Crippen LogP contribution in [0.25, 0.3) is 0 Å². The van der Waals surface area contributed by atoms with Crippen LogP contribution in [0.4, 0.5) is 0 Å². The molecule has 1 aromatic carbocycles. The maximum absolute atomic E-state index is 12.4. The Morgan fingerprint density at radius 3 is 2.50 bits per heavy atom. The largest absolute Gasteiger partial charge is 0.508 e. The average molecular weight is 389 g/mol. The fraction of sp³-hybridized carbons (Fsp3) is 0.429. The summed E-state index contributed by atoms with van der Waals surface area (Å²) in [6.45, 7) is 1.95. The lowest BCUT2D eigenvalue weighted by atomic mass is 9.96. The van der Waals surface area contributed by atoms with E-state index in [0.29, 0.717) is 41.9 Å². The van der Waals surface area contributed by atoms with E-state index in [9.17, 15) is 9.90 Å². The van der Waals surface area contributed by atoms with Gasteiger partial charge in [0.25, 0.3) is 0 Å². The van der Waals surface area contributed by atoms with Crippen molar-refractivity contribution in [3.05, 3.63) is 53.3 Å². The molecular weight excluding hydrogens is 362 g/mol. The quantitative estimate of drug-likeness (QED) is 0.510. The van der Waals surface area contributed by atoms with Crippen molar-refractivity contribution in [2.24, 2.45) is 5.16 Å². The summed E-state index contributed by atoms with van der Waals surface area (Å²) in [5.41, 5.74) is 1.74. The van der Waals surface area contributed by atoms with Crippen molar-refractivity contribution in [1.82, 2.24) is 0 Å². The van der Waals surface area contributed by atoms with Gasteiger partial charge in [0, 0.05) is 7.11 Å². The highest BCUT2D eigenvalue weighted by atomic mass is 16.6.